The van der Waals surface area contributed by atoms with E-state index in [4.69, 9.17) is 0 Å². The molecule has 0 spiro atoms. The van der Waals surface area contributed by atoms with Gasteiger partial charge in [0.2, 0.25) is 5.91 Å². The Hall–Kier alpha value is -2.62. The molecule has 3 unspecified atom stereocenters. The van der Waals surface area contributed by atoms with Gasteiger partial charge in [0.25, 0.3) is 5.91 Å². The molecule has 0 aromatic heterocycles. The fraction of sp³-hybridized carbons (Fsp3) is 0.476. The zero-order valence-electron chi connectivity index (χ0n) is 17.8. The van der Waals surface area contributed by atoms with Gasteiger partial charge < -0.3 is 21.3 Å². The minimum absolute atomic E-state index is 0.0491. The summed E-state index contributed by atoms with van der Waals surface area (Å²) >= 11 is 11.1. The van der Waals surface area contributed by atoms with Crippen molar-refractivity contribution in [1.82, 2.24) is 21.3 Å². The summed E-state index contributed by atoms with van der Waals surface area (Å²) in [5.74, 6) is 0.560. The van der Waals surface area contributed by atoms with Gasteiger partial charge in [-0.1, -0.05) is 6.42 Å². The third-order valence-electron chi connectivity index (χ3n) is 5.33. The molecule has 1 aromatic rings. The molecule has 2 aliphatic heterocycles. The summed E-state index contributed by atoms with van der Waals surface area (Å²) in [5, 5.41) is 16.4. The first kappa shape index (κ1) is 25.0. The van der Waals surface area contributed by atoms with Crippen molar-refractivity contribution in [3.05, 3.63) is 23.8 Å². The normalized spacial score (nSPS) is 20.5. The summed E-state index contributed by atoms with van der Waals surface area (Å²) < 4.78 is 0. The van der Waals surface area contributed by atoms with E-state index >= 15 is 0 Å². The zero-order valence-corrected chi connectivity index (χ0v) is 20.2. The highest BCUT2D eigenvalue weighted by Gasteiger charge is 2.42. The fourth-order valence-electron chi connectivity index (χ4n) is 3.80. The lowest BCUT2D eigenvalue weighted by Gasteiger charge is -2.16. The number of hydrogen-bond acceptors (Lipinski definition) is 8. The maximum Gasteiger partial charge on any atom is 0.315 e. The third-order valence-corrected chi connectivity index (χ3v) is 7.02. The van der Waals surface area contributed by atoms with Gasteiger partial charge in [0.05, 0.1) is 33.8 Å². The van der Waals surface area contributed by atoms with Crippen LogP contribution in [0.4, 0.5) is 16.2 Å². The molecule has 4 amide bonds. The summed E-state index contributed by atoms with van der Waals surface area (Å²) in [6, 6.07) is 5.07. The van der Waals surface area contributed by atoms with E-state index in [9.17, 15) is 14.4 Å². The second kappa shape index (κ2) is 12.6. The first-order chi connectivity index (χ1) is 16.0. The van der Waals surface area contributed by atoms with E-state index in [1.807, 2.05) is 11.8 Å². The van der Waals surface area contributed by atoms with E-state index in [0.29, 0.717) is 35.2 Å². The van der Waals surface area contributed by atoms with Crippen molar-refractivity contribution >= 4 is 75.7 Å². The highest BCUT2D eigenvalue weighted by molar-refractivity contribution is 8.00. The van der Waals surface area contributed by atoms with E-state index in [0.717, 1.165) is 25.0 Å². The third kappa shape index (κ3) is 7.45. The lowest BCUT2D eigenvalue weighted by molar-refractivity contribution is -0.121. The maximum absolute atomic E-state index is 12.4. The van der Waals surface area contributed by atoms with Crippen LogP contribution in [0.5, 0.6) is 0 Å². The van der Waals surface area contributed by atoms with Crippen LogP contribution < -0.4 is 21.3 Å². The van der Waals surface area contributed by atoms with Crippen LogP contribution in [0.15, 0.2) is 28.2 Å². The zero-order chi connectivity index (χ0) is 23.6. The monoisotopic (exact) mass is 504 g/mol. The summed E-state index contributed by atoms with van der Waals surface area (Å²) in [5.41, 5.74) is 1.22. The van der Waals surface area contributed by atoms with Gasteiger partial charge >= 0.3 is 6.03 Å². The first-order valence-corrected chi connectivity index (χ1v) is 12.4. The number of rotatable bonds is 11. The fourth-order valence-corrected chi connectivity index (χ4v) is 5.56. The quantitative estimate of drug-likeness (QED) is 0.159. The number of amides is 4. The Kier molecular flexibility index (Phi) is 9.53. The molecule has 0 saturated carbocycles. The molecule has 33 heavy (non-hydrogen) atoms. The van der Waals surface area contributed by atoms with E-state index in [1.165, 1.54) is 0 Å². The number of carbonyl (C=O) groups is 3. The van der Waals surface area contributed by atoms with E-state index in [-0.39, 0.29) is 36.5 Å². The van der Waals surface area contributed by atoms with Crippen LogP contribution in [0.3, 0.4) is 0 Å². The number of thiocarbonyl (C=S) groups is 2. The smallest absolute Gasteiger partial charge is 0.315 e. The van der Waals surface area contributed by atoms with E-state index in [2.05, 4.69) is 66.0 Å². The molecule has 2 saturated heterocycles. The van der Waals surface area contributed by atoms with Gasteiger partial charge in [-0.05, 0) is 55.5 Å². The Morgan fingerprint density at radius 2 is 1.76 bits per heavy atom. The number of isothiocyanates is 2. The van der Waals surface area contributed by atoms with Crippen LogP contribution in [-0.2, 0) is 4.79 Å². The average Bonchev–Trinajstić information content (AvgIpc) is 3.33. The number of urea groups is 1. The number of fused-ring (bicyclic) bond motifs is 1. The summed E-state index contributed by atoms with van der Waals surface area (Å²) in [6.45, 7) is 0.610. The number of unbranched alkanes of at least 4 members (excludes halogenated alkanes) is 1. The molecule has 4 N–H and O–H groups in total. The van der Waals surface area contributed by atoms with Crippen LogP contribution >= 0.6 is 36.2 Å². The second-order valence-electron chi connectivity index (χ2n) is 7.62. The molecule has 2 aliphatic rings. The van der Waals surface area contributed by atoms with Crippen molar-refractivity contribution in [2.45, 2.75) is 43.0 Å². The van der Waals surface area contributed by atoms with Crippen molar-refractivity contribution in [3.8, 4) is 0 Å². The molecule has 2 heterocycles. The molecule has 174 valence electrons. The number of nitrogens with zero attached hydrogens (tertiary/aromatic N) is 2. The molecule has 0 bridgehead atoms. The number of benzene rings is 1. The topological polar surface area (TPSA) is 124 Å². The van der Waals surface area contributed by atoms with Crippen molar-refractivity contribution in [2.75, 3.05) is 18.8 Å². The second-order valence-corrected chi connectivity index (χ2v) is 9.26. The Morgan fingerprint density at radius 3 is 2.45 bits per heavy atom. The summed E-state index contributed by atoms with van der Waals surface area (Å²) in [7, 11) is 0. The molecule has 3 atom stereocenters. The Bertz CT molecular complexity index is 971. The lowest BCUT2D eigenvalue weighted by Crippen LogP contribution is -2.36. The highest BCUT2D eigenvalue weighted by Crippen LogP contribution is 2.33. The predicted molar refractivity (Wildman–Crippen MR) is 135 cm³/mol. The van der Waals surface area contributed by atoms with Gasteiger partial charge in [-0.2, -0.15) is 21.7 Å². The molecule has 0 radical (unpaired) electrons. The van der Waals surface area contributed by atoms with Crippen LogP contribution in [-0.4, -0.2) is 64.3 Å². The van der Waals surface area contributed by atoms with Crippen LogP contribution in [0, 0.1) is 0 Å². The highest BCUT2D eigenvalue weighted by atomic mass is 32.2. The number of aliphatic imine (C=N–C) groups is 2. The van der Waals surface area contributed by atoms with E-state index < -0.39 is 0 Å². The minimum atomic E-state index is -0.327. The van der Waals surface area contributed by atoms with E-state index in [1.54, 1.807) is 18.2 Å². The first-order valence-electron chi connectivity index (χ1n) is 10.5. The number of nitrogens with one attached hydrogen (secondary N) is 4. The average molecular weight is 505 g/mol. The van der Waals surface area contributed by atoms with Crippen LogP contribution in [0.1, 0.15) is 36.0 Å². The van der Waals surface area contributed by atoms with Gasteiger partial charge in [-0.15, -0.1) is 0 Å². The number of carbonyl (C=O) groups excluding carboxylic acids is 3. The molecule has 12 heteroatoms. The minimum Gasteiger partial charge on any atom is -0.354 e. The molecular formula is C21H24N6O3S3. The molecule has 0 aliphatic carbocycles. The SMILES string of the molecule is O=C(CCCCC1SCC2NC(=O)NC21)NCCNC(=O)c1cc(N=C=S)cc(N=C=S)c1. The molecule has 3 rings (SSSR count). The standard InChI is InChI=1S/C21H24N6O3S3/c28-18(4-2-1-3-17-19-16(10-33-17)26-21(30)27-19)22-5-6-23-20(29)13-7-14(24-11-31)9-15(8-13)25-12-32/h7-9,16-17,19H,1-6,10H2,(H,22,28)(H,23,29)(H2,26,27,30). The molecular weight excluding hydrogens is 480 g/mol. The predicted octanol–water partition coefficient (Wildman–Crippen LogP) is 2.73. The van der Waals surface area contributed by atoms with Crippen molar-refractivity contribution in [1.29, 1.82) is 0 Å². The van der Waals surface area contributed by atoms with Crippen LogP contribution in [0.2, 0.25) is 0 Å². The Balaban J connectivity index is 1.32. The summed E-state index contributed by atoms with van der Waals surface area (Å²) in [4.78, 5) is 43.6. The molecule has 2 fully saturated rings. The van der Waals surface area contributed by atoms with Gasteiger partial charge in [-0.3, -0.25) is 9.59 Å². The largest absolute Gasteiger partial charge is 0.354 e. The van der Waals surface area contributed by atoms with Crippen LogP contribution in [0.25, 0.3) is 0 Å². The Morgan fingerprint density at radius 1 is 1.06 bits per heavy atom. The maximum atomic E-state index is 12.4. The molecule has 9 nitrogen and oxygen atoms in total. The van der Waals surface area contributed by atoms with Crippen molar-refractivity contribution in [3.63, 3.8) is 0 Å². The number of thioether (sulfide) groups is 1. The molecule has 1 aromatic carbocycles. The van der Waals surface area contributed by atoms with Gasteiger partial charge in [0.15, 0.2) is 0 Å². The van der Waals surface area contributed by atoms with Gasteiger partial charge in [-0.25, -0.2) is 4.79 Å². The van der Waals surface area contributed by atoms with Gasteiger partial charge in [0.1, 0.15) is 0 Å². The van der Waals surface area contributed by atoms with Crippen molar-refractivity contribution < 1.29 is 14.4 Å². The van der Waals surface area contributed by atoms with Gasteiger partial charge in [0, 0.05) is 36.1 Å². The Labute approximate surface area is 206 Å². The number of hydrogen-bond donors (Lipinski definition) is 4. The van der Waals surface area contributed by atoms with Crippen molar-refractivity contribution in [2.24, 2.45) is 9.98 Å². The lowest BCUT2D eigenvalue weighted by atomic mass is 10.0. The summed E-state index contributed by atoms with van der Waals surface area (Å²) in [6.07, 6.45) is 3.11.